The second kappa shape index (κ2) is 6.84. The quantitative estimate of drug-likeness (QED) is 0.857. The summed E-state index contributed by atoms with van der Waals surface area (Å²) in [4.78, 5) is 25.0. The highest BCUT2D eigenvalue weighted by Gasteiger charge is 2.42. The van der Waals surface area contributed by atoms with Crippen LogP contribution in [0.15, 0.2) is 12.1 Å². The molecule has 0 saturated carbocycles. The number of ether oxygens (including phenoxy) is 1. The number of carboxylic acid groups (broad SMARTS) is 1. The SMILES string of the molecule is CCOc1c(Cl)cc(NC(=O)N2CCC(C)(C(=O)O)C2)cc1Cl. The van der Waals surface area contributed by atoms with E-state index >= 15 is 0 Å². The van der Waals surface area contributed by atoms with Crippen molar-refractivity contribution >= 4 is 40.9 Å². The maximum absolute atomic E-state index is 12.3. The van der Waals surface area contributed by atoms with E-state index < -0.39 is 11.4 Å². The average molecular weight is 361 g/mol. The molecule has 1 heterocycles. The summed E-state index contributed by atoms with van der Waals surface area (Å²) in [5.74, 6) is -0.534. The second-order valence-electron chi connectivity index (χ2n) is 5.67. The molecule has 0 bridgehead atoms. The number of benzene rings is 1. The first-order chi connectivity index (χ1) is 10.8. The fourth-order valence-corrected chi connectivity index (χ4v) is 3.02. The number of aliphatic carboxylic acids is 1. The Kier molecular flexibility index (Phi) is 5.26. The number of halogens is 2. The third-order valence-corrected chi connectivity index (χ3v) is 4.38. The third kappa shape index (κ3) is 3.82. The zero-order chi connectivity index (χ0) is 17.2. The number of carboxylic acids is 1. The molecule has 1 unspecified atom stereocenters. The van der Waals surface area contributed by atoms with E-state index in [4.69, 9.17) is 27.9 Å². The van der Waals surface area contributed by atoms with Crippen molar-refractivity contribution in [3.8, 4) is 5.75 Å². The average Bonchev–Trinajstić information content (AvgIpc) is 2.87. The van der Waals surface area contributed by atoms with Crippen LogP contribution in [0.5, 0.6) is 5.75 Å². The lowest BCUT2D eigenvalue weighted by Crippen LogP contribution is -2.37. The molecule has 0 spiro atoms. The molecular weight excluding hydrogens is 343 g/mol. The monoisotopic (exact) mass is 360 g/mol. The molecule has 1 aromatic carbocycles. The number of carbonyl (C=O) groups excluding carboxylic acids is 1. The van der Waals surface area contributed by atoms with Gasteiger partial charge in [0.05, 0.1) is 22.1 Å². The molecule has 2 rings (SSSR count). The molecule has 0 aliphatic carbocycles. The number of carbonyl (C=O) groups is 2. The number of rotatable bonds is 4. The van der Waals surface area contributed by atoms with Gasteiger partial charge in [-0.1, -0.05) is 23.2 Å². The van der Waals surface area contributed by atoms with Gasteiger partial charge in [0.25, 0.3) is 0 Å². The topological polar surface area (TPSA) is 78.9 Å². The Morgan fingerprint density at radius 3 is 2.48 bits per heavy atom. The van der Waals surface area contributed by atoms with Gasteiger partial charge in [0, 0.05) is 18.8 Å². The Morgan fingerprint density at radius 2 is 2.00 bits per heavy atom. The molecule has 0 aromatic heterocycles. The number of hydrogen-bond acceptors (Lipinski definition) is 3. The standard InChI is InChI=1S/C15H18Cl2N2O4/c1-3-23-12-10(16)6-9(7-11(12)17)18-14(22)19-5-4-15(2,8-19)13(20)21/h6-7H,3-5,8H2,1-2H3,(H,18,22)(H,20,21). The largest absolute Gasteiger partial charge is 0.491 e. The van der Waals surface area contributed by atoms with Crippen LogP contribution in [0.1, 0.15) is 20.3 Å². The number of nitrogens with zero attached hydrogens (tertiary/aromatic N) is 1. The van der Waals surface area contributed by atoms with E-state index in [0.717, 1.165) is 0 Å². The Balaban J connectivity index is 2.08. The van der Waals surface area contributed by atoms with E-state index in [9.17, 15) is 14.7 Å². The minimum Gasteiger partial charge on any atom is -0.491 e. The lowest BCUT2D eigenvalue weighted by atomic mass is 9.90. The van der Waals surface area contributed by atoms with Gasteiger partial charge >= 0.3 is 12.0 Å². The predicted octanol–water partition coefficient (Wildman–Crippen LogP) is 3.72. The fraction of sp³-hybridized carbons (Fsp3) is 0.467. The molecule has 1 atom stereocenters. The highest BCUT2D eigenvalue weighted by molar-refractivity contribution is 6.37. The molecule has 1 aliphatic heterocycles. The molecule has 6 nitrogen and oxygen atoms in total. The fourth-order valence-electron chi connectivity index (χ4n) is 2.43. The van der Waals surface area contributed by atoms with Crippen LogP contribution in [0.25, 0.3) is 0 Å². The smallest absolute Gasteiger partial charge is 0.321 e. The van der Waals surface area contributed by atoms with Gasteiger partial charge in [0.2, 0.25) is 0 Å². The molecule has 1 aromatic rings. The summed E-state index contributed by atoms with van der Waals surface area (Å²) >= 11 is 12.2. The molecular formula is C15H18Cl2N2O4. The van der Waals surface area contributed by atoms with Crippen molar-refractivity contribution in [2.24, 2.45) is 5.41 Å². The lowest BCUT2D eigenvalue weighted by Gasteiger charge is -2.21. The van der Waals surface area contributed by atoms with Crippen LogP contribution >= 0.6 is 23.2 Å². The molecule has 2 N–H and O–H groups in total. The van der Waals surface area contributed by atoms with Crippen molar-refractivity contribution in [1.29, 1.82) is 0 Å². The number of urea groups is 1. The van der Waals surface area contributed by atoms with Crippen molar-refractivity contribution in [3.63, 3.8) is 0 Å². The maximum Gasteiger partial charge on any atom is 0.321 e. The Hall–Kier alpha value is -1.66. The van der Waals surface area contributed by atoms with E-state index in [2.05, 4.69) is 5.32 Å². The van der Waals surface area contributed by atoms with Crippen LogP contribution in [0.2, 0.25) is 10.0 Å². The van der Waals surface area contributed by atoms with Crippen molar-refractivity contribution < 1.29 is 19.4 Å². The van der Waals surface area contributed by atoms with Gasteiger partial charge in [0.15, 0.2) is 5.75 Å². The maximum atomic E-state index is 12.3. The first kappa shape index (κ1) is 17.7. The summed E-state index contributed by atoms with van der Waals surface area (Å²) in [6.45, 7) is 4.41. The molecule has 23 heavy (non-hydrogen) atoms. The van der Waals surface area contributed by atoms with Gasteiger partial charge in [0.1, 0.15) is 0 Å². The van der Waals surface area contributed by atoms with Gasteiger partial charge in [-0.05, 0) is 32.4 Å². The van der Waals surface area contributed by atoms with E-state index in [1.54, 1.807) is 19.1 Å². The molecule has 2 amide bonds. The van der Waals surface area contributed by atoms with Gasteiger partial charge in [-0.15, -0.1) is 0 Å². The molecule has 8 heteroatoms. The number of amides is 2. The second-order valence-corrected chi connectivity index (χ2v) is 6.48. The zero-order valence-corrected chi connectivity index (χ0v) is 14.4. The van der Waals surface area contributed by atoms with E-state index in [1.807, 2.05) is 6.92 Å². The summed E-state index contributed by atoms with van der Waals surface area (Å²) < 4.78 is 5.33. The first-order valence-corrected chi connectivity index (χ1v) is 7.93. The number of anilines is 1. The van der Waals surface area contributed by atoms with Crippen LogP contribution in [-0.4, -0.2) is 41.7 Å². The Bertz CT molecular complexity index is 615. The van der Waals surface area contributed by atoms with Crippen molar-refractivity contribution in [3.05, 3.63) is 22.2 Å². The van der Waals surface area contributed by atoms with Crippen molar-refractivity contribution in [2.75, 3.05) is 25.0 Å². The van der Waals surface area contributed by atoms with Gasteiger partial charge in [-0.2, -0.15) is 0 Å². The molecule has 126 valence electrons. The summed E-state index contributed by atoms with van der Waals surface area (Å²) in [5, 5.41) is 12.5. The van der Waals surface area contributed by atoms with Gasteiger partial charge in [-0.25, -0.2) is 4.79 Å². The summed E-state index contributed by atoms with van der Waals surface area (Å²) in [6, 6.07) is 2.71. The molecule has 1 fully saturated rings. The van der Waals surface area contributed by atoms with E-state index in [-0.39, 0.29) is 12.6 Å². The van der Waals surface area contributed by atoms with Crippen LogP contribution in [0, 0.1) is 5.41 Å². The van der Waals surface area contributed by atoms with Crippen LogP contribution < -0.4 is 10.1 Å². The van der Waals surface area contributed by atoms with Crippen LogP contribution in [-0.2, 0) is 4.79 Å². The highest BCUT2D eigenvalue weighted by atomic mass is 35.5. The lowest BCUT2D eigenvalue weighted by molar-refractivity contribution is -0.146. The summed E-state index contributed by atoms with van der Waals surface area (Å²) in [7, 11) is 0. The molecule has 0 radical (unpaired) electrons. The van der Waals surface area contributed by atoms with E-state index in [0.29, 0.717) is 41.1 Å². The van der Waals surface area contributed by atoms with Crippen LogP contribution in [0.4, 0.5) is 10.5 Å². The van der Waals surface area contributed by atoms with Gasteiger partial charge in [-0.3, -0.25) is 4.79 Å². The first-order valence-electron chi connectivity index (χ1n) is 7.18. The van der Waals surface area contributed by atoms with Crippen molar-refractivity contribution in [1.82, 2.24) is 4.90 Å². The third-order valence-electron chi connectivity index (χ3n) is 3.82. The van der Waals surface area contributed by atoms with Crippen molar-refractivity contribution in [2.45, 2.75) is 20.3 Å². The normalized spacial score (nSPS) is 20.4. The molecule has 1 aliphatic rings. The minimum atomic E-state index is -0.911. The van der Waals surface area contributed by atoms with Crippen LogP contribution in [0.3, 0.4) is 0 Å². The van der Waals surface area contributed by atoms with E-state index in [1.165, 1.54) is 4.90 Å². The summed E-state index contributed by atoms with van der Waals surface area (Å²) in [5.41, 5.74) is -0.483. The number of hydrogen-bond donors (Lipinski definition) is 2. The molecule has 1 saturated heterocycles. The zero-order valence-electron chi connectivity index (χ0n) is 12.9. The Morgan fingerprint density at radius 1 is 1.39 bits per heavy atom. The number of nitrogens with one attached hydrogen (secondary N) is 1. The predicted molar refractivity (Wildman–Crippen MR) is 88.6 cm³/mol. The minimum absolute atomic E-state index is 0.159. The highest BCUT2D eigenvalue weighted by Crippen LogP contribution is 2.36. The summed E-state index contributed by atoms with van der Waals surface area (Å²) in [6.07, 6.45) is 0.417. The van der Waals surface area contributed by atoms with Gasteiger partial charge < -0.3 is 20.1 Å². The Labute approximate surface area is 144 Å². The number of likely N-dealkylation sites (tertiary alicyclic amines) is 1.